The number of anilines is 1. The Morgan fingerprint density at radius 2 is 2.04 bits per heavy atom. The number of benzene rings is 1. The molecule has 0 fully saturated rings. The number of fused-ring (bicyclic) bond motifs is 1. The van der Waals surface area contributed by atoms with E-state index in [-0.39, 0.29) is 11.0 Å². The van der Waals surface area contributed by atoms with Gasteiger partial charge in [-0.05, 0) is 42.9 Å². The molecule has 0 atom stereocenters. The molecule has 3 aromatic rings. The quantitative estimate of drug-likeness (QED) is 0.652. The second kappa shape index (κ2) is 7.32. The van der Waals surface area contributed by atoms with Gasteiger partial charge in [0.1, 0.15) is 5.01 Å². The van der Waals surface area contributed by atoms with Crippen molar-refractivity contribution in [3.05, 3.63) is 29.6 Å². The van der Waals surface area contributed by atoms with Crippen LogP contribution in [0.5, 0.6) is 0 Å². The SMILES string of the molecule is CCc1nnc2sc(-c3ccc(NC(=S)NC(=O)C(C)(C)C)c(C)c3)nn12. The Labute approximate surface area is 167 Å². The van der Waals surface area contributed by atoms with Crippen LogP contribution in [0.1, 0.15) is 39.1 Å². The molecule has 142 valence electrons. The second-order valence-corrected chi connectivity index (χ2v) is 8.62. The first-order valence-electron chi connectivity index (χ1n) is 8.63. The van der Waals surface area contributed by atoms with Crippen molar-refractivity contribution in [2.75, 3.05) is 5.32 Å². The molecule has 0 aliphatic rings. The minimum absolute atomic E-state index is 0.124. The third-order valence-corrected chi connectivity index (χ3v) is 5.15. The van der Waals surface area contributed by atoms with Gasteiger partial charge >= 0.3 is 0 Å². The minimum Gasteiger partial charge on any atom is -0.332 e. The predicted molar refractivity (Wildman–Crippen MR) is 112 cm³/mol. The van der Waals surface area contributed by atoms with Gasteiger partial charge in [-0.2, -0.15) is 9.61 Å². The summed E-state index contributed by atoms with van der Waals surface area (Å²) in [4.78, 5) is 12.8. The van der Waals surface area contributed by atoms with Crippen LogP contribution >= 0.6 is 23.6 Å². The molecular weight excluding hydrogens is 380 g/mol. The first kappa shape index (κ1) is 19.4. The van der Waals surface area contributed by atoms with Gasteiger partial charge in [-0.25, -0.2) is 0 Å². The third kappa shape index (κ3) is 4.14. The number of hydrogen-bond donors (Lipinski definition) is 2. The number of rotatable bonds is 3. The van der Waals surface area contributed by atoms with Crippen molar-refractivity contribution in [1.82, 2.24) is 25.1 Å². The lowest BCUT2D eigenvalue weighted by molar-refractivity contribution is -0.126. The fraction of sp³-hybridized carbons (Fsp3) is 0.389. The van der Waals surface area contributed by atoms with Crippen LogP contribution in [0.2, 0.25) is 0 Å². The Morgan fingerprint density at radius 1 is 1.30 bits per heavy atom. The average Bonchev–Trinajstić information content (AvgIpc) is 3.16. The van der Waals surface area contributed by atoms with E-state index in [1.54, 1.807) is 4.52 Å². The van der Waals surface area contributed by atoms with Crippen LogP contribution in [-0.4, -0.2) is 30.8 Å². The number of hydrogen-bond acceptors (Lipinski definition) is 6. The average molecular weight is 403 g/mol. The van der Waals surface area contributed by atoms with Crippen LogP contribution in [0.3, 0.4) is 0 Å². The Kier molecular flexibility index (Phi) is 5.25. The van der Waals surface area contributed by atoms with Gasteiger partial charge in [-0.3, -0.25) is 4.79 Å². The molecule has 0 saturated carbocycles. The third-order valence-electron chi connectivity index (χ3n) is 4.00. The molecule has 7 nitrogen and oxygen atoms in total. The van der Waals surface area contributed by atoms with E-state index >= 15 is 0 Å². The first-order valence-corrected chi connectivity index (χ1v) is 9.86. The number of aromatic nitrogens is 4. The zero-order chi connectivity index (χ0) is 19.8. The molecule has 0 aliphatic carbocycles. The van der Waals surface area contributed by atoms with Gasteiger partial charge in [0, 0.05) is 23.1 Å². The highest BCUT2D eigenvalue weighted by molar-refractivity contribution is 7.80. The van der Waals surface area contributed by atoms with Crippen molar-refractivity contribution >= 4 is 45.2 Å². The number of carbonyl (C=O) groups excluding carboxylic acids is 1. The van der Waals surface area contributed by atoms with Crippen molar-refractivity contribution in [1.29, 1.82) is 0 Å². The van der Waals surface area contributed by atoms with E-state index < -0.39 is 5.41 Å². The number of amides is 1. The summed E-state index contributed by atoms with van der Waals surface area (Å²) in [5, 5.41) is 19.9. The lowest BCUT2D eigenvalue weighted by atomic mass is 9.96. The van der Waals surface area contributed by atoms with Crippen molar-refractivity contribution < 1.29 is 4.79 Å². The Bertz CT molecular complexity index is 1010. The van der Waals surface area contributed by atoms with E-state index in [1.165, 1.54) is 11.3 Å². The molecule has 3 rings (SSSR count). The maximum Gasteiger partial charge on any atom is 0.234 e. The maximum absolute atomic E-state index is 12.0. The first-order chi connectivity index (χ1) is 12.7. The van der Waals surface area contributed by atoms with Gasteiger partial charge in [0.15, 0.2) is 10.9 Å². The summed E-state index contributed by atoms with van der Waals surface area (Å²) in [6.07, 6.45) is 0.782. The van der Waals surface area contributed by atoms with Crippen LogP contribution in [0, 0.1) is 12.3 Å². The molecule has 0 unspecified atom stereocenters. The summed E-state index contributed by atoms with van der Waals surface area (Å²) in [5.41, 5.74) is 2.34. The van der Waals surface area contributed by atoms with Crippen molar-refractivity contribution in [2.45, 2.75) is 41.0 Å². The number of thiocarbonyl (C=S) groups is 1. The monoisotopic (exact) mass is 402 g/mol. The second-order valence-electron chi connectivity index (χ2n) is 7.26. The van der Waals surface area contributed by atoms with Crippen molar-refractivity contribution in [2.24, 2.45) is 5.41 Å². The van der Waals surface area contributed by atoms with E-state index in [9.17, 15) is 4.79 Å². The Morgan fingerprint density at radius 3 is 2.67 bits per heavy atom. The van der Waals surface area contributed by atoms with Crippen LogP contribution in [0.15, 0.2) is 18.2 Å². The predicted octanol–water partition coefficient (Wildman–Crippen LogP) is 3.58. The highest BCUT2D eigenvalue weighted by atomic mass is 32.1. The molecule has 2 N–H and O–H groups in total. The molecule has 0 radical (unpaired) electrons. The lowest BCUT2D eigenvalue weighted by Gasteiger charge is -2.19. The molecule has 0 aliphatic heterocycles. The molecule has 27 heavy (non-hydrogen) atoms. The van der Waals surface area contributed by atoms with E-state index in [0.717, 1.165) is 39.0 Å². The van der Waals surface area contributed by atoms with E-state index in [1.807, 2.05) is 52.8 Å². The van der Waals surface area contributed by atoms with Gasteiger partial charge in [-0.15, -0.1) is 10.2 Å². The molecule has 1 aromatic carbocycles. The summed E-state index contributed by atoms with van der Waals surface area (Å²) in [6.45, 7) is 9.54. The van der Waals surface area contributed by atoms with Crippen molar-refractivity contribution in [3.8, 4) is 10.6 Å². The molecule has 0 saturated heterocycles. The van der Waals surface area contributed by atoms with Gasteiger partial charge in [0.05, 0.1) is 0 Å². The van der Waals surface area contributed by atoms with Gasteiger partial charge in [0.25, 0.3) is 0 Å². The van der Waals surface area contributed by atoms with Crippen molar-refractivity contribution in [3.63, 3.8) is 0 Å². The highest BCUT2D eigenvalue weighted by Crippen LogP contribution is 2.28. The van der Waals surface area contributed by atoms with Crippen LogP contribution in [-0.2, 0) is 11.2 Å². The van der Waals surface area contributed by atoms with E-state index in [4.69, 9.17) is 12.2 Å². The largest absolute Gasteiger partial charge is 0.332 e. The number of aryl methyl sites for hydroxylation is 2. The summed E-state index contributed by atoms with van der Waals surface area (Å²) < 4.78 is 1.79. The fourth-order valence-corrected chi connectivity index (χ4v) is 3.43. The lowest BCUT2D eigenvalue weighted by Crippen LogP contribution is -2.41. The van der Waals surface area contributed by atoms with E-state index in [2.05, 4.69) is 25.9 Å². The van der Waals surface area contributed by atoms with Crippen LogP contribution in [0.25, 0.3) is 15.5 Å². The number of carbonyl (C=O) groups is 1. The molecule has 2 heterocycles. The molecular formula is C18H22N6OS2. The smallest absolute Gasteiger partial charge is 0.234 e. The summed E-state index contributed by atoms with van der Waals surface area (Å²) >= 11 is 6.76. The molecule has 9 heteroatoms. The Balaban J connectivity index is 1.77. The molecule has 0 spiro atoms. The zero-order valence-electron chi connectivity index (χ0n) is 16.0. The topological polar surface area (TPSA) is 84.2 Å². The summed E-state index contributed by atoms with van der Waals surface area (Å²) in [5.74, 6) is 0.725. The highest BCUT2D eigenvalue weighted by Gasteiger charge is 2.22. The van der Waals surface area contributed by atoms with Crippen LogP contribution < -0.4 is 10.6 Å². The maximum atomic E-state index is 12.0. The van der Waals surface area contributed by atoms with E-state index in [0.29, 0.717) is 0 Å². The van der Waals surface area contributed by atoms with Gasteiger partial charge < -0.3 is 10.6 Å². The standard InChI is InChI=1S/C18H22N6OS2/c1-6-13-21-22-17-24(13)23-14(27-17)11-7-8-12(10(2)9-11)19-16(26)20-15(25)18(3,4)5/h7-9H,6H2,1-5H3,(H2,19,20,25,26). The van der Waals surface area contributed by atoms with Gasteiger partial charge in [-0.1, -0.05) is 39.0 Å². The summed E-state index contributed by atoms with van der Waals surface area (Å²) in [6, 6.07) is 5.94. The van der Waals surface area contributed by atoms with Crippen LogP contribution in [0.4, 0.5) is 5.69 Å². The molecule has 2 aromatic heterocycles. The Hall–Kier alpha value is -2.39. The number of nitrogens with one attached hydrogen (secondary N) is 2. The minimum atomic E-state index is -0.501. The zero-order valence-corrected chi connectivity index (χ0v) is 17.6. The fourth-order valence-electron chi connectivity index (χ4n) is 2.38. The molecule has 0 bridgehead atoms. The van der Waals surface area contributed by atoms with Gasteiger partial charge in [0.2, 0.25) is 10.9 Å². The summed E-state index contributed by atoms with van der Waals surface area (Å²) in [7, 11) is 0. The number of nitrogens with zero attached hydrogens (tertiary/aromatic N) is 4. The molecule has 1 amide bonds. The normalized spacial score (nSPS) is 11.6.